The van der Waals surface area contributed by atoms with Crippen LogP contribution in [0.5, 0.6) is 0 Å². The topological polar surface area (TPSA) is 394 Å². The molecule has 6 aliphatic carbocycles. The van der Waals surface area contributed by atoms with Crippen molar-refractivity contribution in [3.63, 3.8) is 0 Å². The molecule has 0 radical (unpaired) electrons. The molecule has 4 aromatic rings. The van der Waals surface area contributed by atoms with E-state index in [9.17, 15) is 53.8 Å². The minimum absolute atomic E-state index is 0.0324. The van der Waals surface area contributed by atoms with Gasteiger partial charge in [0.15, 0.2) is 24.8 Å². The minimum atomic E-state index is -1.12. The van der Waals surface area contributed by atoms with Crippen molar-refractivity contribution < 1.29 is 77.5 Å². The van der Waals surface area contributed by atoms with Gasteiger partial charge in [0.1, 0.15) is 18.3 Å². The van der Waals surface area contributed by atoms with Crippen LogP contribution in [0.4, 0.5) is 17.1 Å². The number of allylic oxidation sites excluding steroid dienone is 8. The summed E-state index contributed by atoms with van der Waals surface area (Å²) in [6.45, 7) is 33.4. The maximum absolute atomic E-state index is 13.6. The summed E-state index contributed by atoms with van der Waals surface area (Å²) in [5.41, 5.74) is 19.4. The van der Waals surface area contributed by atoms with E-state index in [-0.39, 0.29) is 69.0 Å². The Morgan fingerprint density at radius 3 is 1.47 bits per heavy atom. The maximum Gasteiger partial charge on any atom is 0.340 e. The molecule has 26 nitrogen and oxygen atoms in total. The molecule has 2 aliphatic heterocycles. The second-order valence-electron chi connectivity index (χ2n) is 31.7. The Kier molecular flexibility index (Phi) is 34.2. The number of rotatable bonds is 17. The lowest BCUT2D eigenvalue weighted by molar-refractivity contribution is -0.385. The lowest BCUT2D eigenvalue weighted by atomic mass is 9.68. The number of esters is 3. The molecule has 610 valence electrons. The number of carboxylic acids is 2. The molecule has 0 spiro atoms. The monoisotopic (exact) mass is 1560 g/mol. The van der Waals surface area contributed by atoms with Crippen LogP contribution in [0.25, 0.3) is 11.1 Å². The number of nitrogen functional groups attached to an aromatic ring is 1. The summed E-state index contributed by atoms with van der Waals surface area (Å²) in [4.78, 5) is 127. The SMILES string of the molecule is C=C.C=CC.C=CC.CC1=C(C(=O)OC2CCCCC2)C(c2ccc(N)cc2)C2=C(CC(C)(C)CC2=O)N1.CC1=C(C(=O)OC2CCCCC2)C(c2ccc([N+](=O)[O-])cc2)C2=C(NOCC(=O)O)CC(C)(C)CC2=N1.Cc1nc2c(c(-c3ccc([N+](=O)[O-])cc3)c1C(=O)OC1CCCCC1)C(=O)CC(C)(C)C2.NOCC(=O)O. The van der Waals surface area contributed by atoms with E-state index in [1.165, 1.54) is 30.7 Å². The molecular formula is C87H114N8O18. The van der Waals surface area contributed by atoms with E-state index < -0.39 is 58.8 Å². The highest BCUT2D eigenvalue weighted by molar-refractivity contribution is 6.11. The van der Waals surface area contributed by atoms with Crippen LogP contribution in [0, 0.1) is 43.4 Å². The van der Waals surface area contributed by atoms with Gasteiger partial charge in [-0.05, 0) is 195 Å². The summed E-state index contributed by atoms with van der Waals surface area (Å²) in [6, 6.07) is 19.6. The van der Waals surface area contributed by atoms with Crippen molar-refractivity contribution in [2.24, 2.45) is 27.1 Å². The number of benzene rings is 3. The third-order valence-corrected chi connectivity index (χ3v) is 20.3. The van der Waals surface area contributed by atoms with Gasteiger partial charge in [-0.1, -0.05) is 97.2 Å². The van der Waals surface area contributed by atoms with Crippen molar-refractivity contribution in [2.75, 3.05) is 18.9 Å². The number of aromatic nitrogens is 1. The third-order valence-electron chi connectivity index (χ3n) is 20.3. The van der Waals surface area contributed by atoms with Gasteiger partial charge in [-0.25, -0.2) is 29.9 Å². The minimum Gasteiger partial charge on any atom is -0.479 e. The smallest absolute Gasteiger partial charge is 0.340 e. The van der Waals surface area contributed by atoms with Gasteiger partial charge in [0, 0.05) is 105 Å². The summed E-state index contributed by atoms with van der Waals surface area (Å²) < 4.78 is 17.7. The Labute approximate surface area is 663 Å². The number of hydroxylamine groups is 1. The summed E-state index contributed by atoms with van der Waals surface area (Å²) in [6.07, 6.45) is 21.5. The number of nitrogens with two attached hydrogens (primary N) is 2. The summed E-state index contributed by atoms with van der Waals surface area (Å²) >= 11 is 0. The molecule has 2 unspecified atom stereocenters. The number of carbonyl (C=O) groups is 7. The van der Waals surface area contributed by atoms with Gasteiger partial charge in [0.25, 0.3) is 11.4 Å². The van der Waals surface area contributed by atoms with E-state index in [1.807, 2.05) is 58.9 Å². The number of pyridine rings is 1. The van der Waals surface area contributed by atoms with Gasteiger partial charge >= 0.3 is 29.8 Å². The molecule has 0 saturated heterocycles. The van der Waals surface area contributed by atoms with E-state index in [4.69, 9.17) is 40.0 Å². The number of hydrogen-bond donors (Lipinski definition) is 6. The molecule has 3 heterocycles. The van der Waals surface area contributed by atoms with Gasteiger partial charge in [-0.3, -0.25) is 54.9 Å². The van der Waals surface area contributed by atoms with Crippen LogP contribution in [0.1, 0.15) is 253 Å². The van der Waals surface area contributed by atoms with E-state index in [0.29, 0.717) is 99.5 Å². The fourth-order valence-electron chi connectivity index (χ4n) is 15.6. The zero-order valence-electron chi connectivity index (χ0n) is 67.4. The van der Waals surface area contributed by atoms with Crippen LogP contribution >= 0.6 is 0 Å². The number of fused-ring (bicyclic) bond motifs is 2. The highest BCUT2D eigenvalue weighted by Crippen LogP contribution is 2.50. The summed E-state index contributed by atoms with van der Waals surface area (Å²) in [5.74, 6) is -0.0378. The number of aliphatic imine (C=N–C) groups is 1. The first kappa shape index (κ1) is 91.3. The molecule has 2 atom stereocenters. The number of nitrogens with one attached hydrogen (secondary N) is 2. The number of nitro benzene ring substituents is 2. The number of carboxylic acid groups (broad SMARTS) is 2. The Balaban J connectivity index is 0.000000244. The largest absolute Gasteiger partial charge is 0.479 e. The first-order valence-electron chi connectivity index (χ1n) is 38.6. The molecule has 113 heavy (non-hydrogen) atoms. The van der Waals surface area contributed by atoms with Gasteiger partial charge in [0.2, 0.25) is 0 Å². The van der Waals surface area contributed by atoms with E-state index in [1.54, 1.807) is 50.3 Å². The molecule has 8 N–H and O–H groups in total. The number of aryl methyl sites for hydroxylation is 1. The predicted octanol–water partition coefficient (Wildman–Crippen LogP) is 17.5. The van der Waals surface area contributed by atoms with Crippen LogP contribution in [0.2, 0.25) is 0 Å². The molecule has 3 aromatic carbocycles. The van der Waals surface area contributed by atoms with Crippen LogP contribution < -0.4 is 22.4 Å². The van der Waals surface area contributed by atoms with Crippen molar-refractivity contribution in [2.45, 2.75) is 241 Å². The first-order chi connectivity index (χ1) is 53.6. The molecule has 8 aliphatic rings. The number of nitrogens with zero attached hydrogens (tertiary/aromatic N) is 4. The number of anilines is 1. The first-order valence-corrected chi connectivity index (χ1v) is 38.6. The molecule has 12 rings (SSSR count). The second-order valence-corrected chi connectivity index (χ2v) is 31.7. The average Bonchev–Trinajstić information content (AvgIpc) is 0.753. The van der Waals surface area contributed by atoms with Gasteiger partial charge in [0.05, 0.1) is 37.9 Å². The number of dihydropyridines is 1. The summed E-state index contributed by atoms with van der Waals surface area (Å²) in [5, 5.41) is 42.6. The zero-order chi connectivity index (χ0) is 83.7. The molecule has 3 saturated carbocycles. The van der Waals surface area contributed by atoms with Gasteiger partial charge in [-0.15, -0.1) is 26.3 Å². The van der Waals surface area contributed by atoms with Crippen molar-refractivity contribution in [3.05, 3.63) is 210 Å². The molecule has 3 fully saturated rings. The Morgan fingerprint density at radius 2 is 1.01 bits per heavy atom. The lowest BCUT2D eigenvalue weighted by Crippen LogP contribution is -2.39. The number of ether oxygens (including phenoxy) is 3. The highest BCUT2D eigenvalue weighted by Gasteiger charge is 2.46. The Bertz CT molecular complexity index is 4280. The standard InChI is InChI=1S/C27H33N3O7.C25H28N2O5.C25H32N2O3.2C3H6.C2H5NO3.C2H4/c1-16-23(26(33)37-19-7-5-4-6-8-19)24(17-9-11-18(12-10-17)30(34)35)25-20(28-16)13-27(2,3)14-21(25)29-36-15-22(31)32;1-15-21(24(29)32-18-7-5-4-6-8-18)22(16-9-11-17(12-10-16)27(30)31)23-19(26-15)13-25(2,3)14-20(23)28;1-15-21(24(29)30-18-7-5-4-6-8-18)22(16-9-11-17(26)12-10-16)23-19(27-15)13-25(2,3)14-20(23)28;2*1-3-2;3-6-1-2(4)5;1-2/h9-12,19,24,29H,4-8,13-15H2,1-3H3,(H,31,32);9-12,18H,4-8,13-14H2,1-3H3;9-12,18,22,27H,4-8,13-14,26H2,1-3H3;2*3H,1H2,2H3;1,3H2,(H,4,5);1-2H2. The van der Waals surface area contributed by atoms with Crippen LogP contribution in [-0.4, -0.2) is 104 Å². The maximum atomic E-state index is 13.6. The molecule has 0 amide bonds. The van der Waals surface area contributed by atoms with Crippen LogP contribution in [0.15, 0.2) is 161 Å². The van der Waals surface area contributed by atoms with Crippen molar-refractivity contribution in [3.8, 4) is 11.1 Å². The van der Waals surface area contributed by atoms with Crippen molar-refractivity contribution >= 4 is 64.2 Å². The lowest BCUT2D eigenvalue weighted by Gasteiger charge is -2.39. The van der Waals surface area contributed by atoms with Crippen molar-refractivity contribution in [1.29, 1.82) is 0 Å². The Hall–Kier alpha value is -10.6. The Morgan fingerprint density at radius 1 is 0.584 bits per heavy atom. The number of non-ortho nitro benzene ring substituents is 2. The number of carbonyl (C=O) groups excluding carboxylic acids is 5. The number of nitro groups is 2. The predicted molar refractivity (Wildman–Crippen MR) is 434 cm³/mol. The average molecular weight is 1560 g/mol. The number of hydrogen-bond acceptors (Lipinski definition) is 22. The van der Waals surface area contributed by atoms with Crippen molar-refractivity contribution in [1.82, 2.24) is 15.8 Å². The van der Waals surface area contributed by atoms with Crippen LogP contribution in [0.3, 0.4) is 0 Å². The normalized spacial score (nSPS) is 19.4. The van der Waals surface area contributed by atoms with Gasteiger partial charge < -0.3 is 35.5 Å². The fraction of sp³-hybridized carbons (Fsp3) is 0.483. The third kappa shape index (κ3) is 25.5. The summed E-state index contributed by atoms with van der Waals surface area (Å²) in [7, 11) is 0. The van der Waals surface area contributed by atoms with E-state index in [2.05, 4.69) is 80.5 Å². The number of ketones is 2. The molecular weight excluding hydrogens is 1440 g/mol. The second kappa shape index (κ2) is 42.3. The quantitative estimate of drug-likeness (QED) is 0.0143. The highest BCUT2D eigenvalue weighted by atomic mass is 16.7. The molecule has 0 bridgehead atoms. The molecule has 1 aromatic heterocycles. The van der Waals surface area contributed by atoms with Gasteiger partial charge in [-0.2, -0.15) is 0 Å². The van der Waals surface area contributed by atoms with E-state index in [0.717, 1.165) is 125 Å². The molecule has 26 heteroatoms. The number of Topliss-reactive ketones (excluding diaryl/α,β-unsaturated/α-hetero) is 2. The number of aliphatic carboxylic acids is 2. The zero-order valence-corrected chi connectivity index (χ0v) is 67.4. The van der Waals surface area contributed by atoms with E-state index >= 15 is 0 Å². The van der Waals surface area contributed by atoms with Crippen LogP contribution in [-0.2, 0) is 54.3 Å². The fourth-order valence-corrected chi connectivity index (χ4v) is 15.6.